The van der Waals surface area contributed by atoms with E-state index in [1.54, 1.807) is 11.9 Å². The molecule has 0 aromatic heterocycles. The molecule has 4 N–H and O–H groups in total. The largest absolute Gasteiger partial charge is 0.357 e. The second-order valence-corrected chi connectivity index (χ2v) is 13.9. The van der Waals surface area contributed by atoms with Gasteiger partial charge in [-0.05, 0) is 80.5 Å². The Kier molecular flexibility index (Phi) is 19.8. The predicted octanol–water partition coefficient (Wildman–Crippen LogP) is 4.97. The Balaban J connectivity index is 0.000000560. The van der Waals surface area contributed by atoms with E-state index in [4.69, 9.17) is 11.6 Å². The molecular weight excluding hydrogens is 566 g/mol. The lowest BCUT2D eigenvalue weighted by atomic mass is 9.76. The Morgan fingerprint density at radius 3 is 1.95 bits per heavy atom. The van der Waals surface area contributed by atoms with Crippen LogP contribution in [0.1, 0.15) is 98.0 Å². The van der Waals surface area contributed by atoms with Crippen LogP contribution in [0, 0.1) is 10.8 Å². The SMILES string of the molecule is CC(C)(C)C.CC1(C)CCC(NC=O)CC1.CN.CNC(=O)C1CCCN1C=O.O=CN1CCC(c2ccc(Cl)cc2)C1. The maximum atomic E-state index is 11.1. The van der Waals surface area contributed by atoms with Crippen molar-refractivity contribution in [2.45, 2.75) is 104 Å². The number of likely N-dealkylation sites (N-methyl/N-ethyl adjacent to an activating group) is 1. The van der Waals surface area contributed by atoms with Gasteiger partial charge in [-0.2, -0.15) is 0 Å². The summed E-state index contributed by atoms with van der Waals surface area (Å²) < 4.78 is 0. The van der Waals surface area contributed by atoms with E-state index < -0.39 is 0 Å². The summed E-state index contributed by atoms with van der Waals surface area (Å²) in [4.78, 5) is 45.5. The molecule has 2 saturated heterocycles. The van der Waals surface area contributed by atoms with Crippen LogP contribution in [0.15, 0.2) is 24.3 Å². The highest BCUT2D eigenvalue weighted by Crippen LogP contribution is 2.34. The zero-order valence-electron chi connectivity index (χ0n) is 27.8. The molecule has 3 aliphatic rings. The van der Waals surface area contributed by atoms with Crippen molar-refractivity contribution in [2.75, 3.05) is 33.7 Å². The summed E-state index contributed by atoms with van der Waals surface area (Å²) in [5, 5.41) is 6.14. The van der Waals surface area contributed by atoms with Gasteiger partial charge in [0.1, 0.15) is 6.04 Å². The Labute approximate surface area is 265 Å². The van der Waals surface area contributed by atoms with Crippen molar-refractivity contribution in [1.29, 1.82) is 0 Å². The van der Waals surface area contributed by atoms with Gasteiger partial charge in [-0.3, -0.25) is 19.2 Å². The van der Waals surface area contributed by atoms with Gasteiger partial charge >= 0.3 is 0 Å². The topological polar surface area (TPSA) is 125 Å². The monoisotopic (exact) mass is 623 g/mol. The fourth-order valence-corrected chi connectivity index (χ4v) is 5.04. The van der Waals surface area contributed by atoms with Gasteiger partial charge in [0, 0.05) is 43.7 Å². The molecule has 1 saturated carbocycles. The molecule has 2 heterocycles. The Bertz CT molecular complexity index is 920. The number of nitrogens with two attached hydrogens (primary N) is 1. The molecule has 246 valence electrons. The molecule has 2 unspecified atom stereocenters. The molecule has 1 aromatic carbocycles. The highest BCUT2D eigenvalue weighted by Gasteiger charge is 2.28. The van der Waals surface area contributed by atoms with E-state index in [0.717, 1.165) is 69.4 Å². The van der Waals surface area contributed by atoms with Crippen molar-refractivity contribution in [1.82, 2.24) is 20.4 Å². The minimum atomic E-state index is -0.225. The summed E-state index contributed by atoms with van der Waals surface area (Å²) in [5.41, 5.74) is 6.78. The van der Waals surface area contributed by atoms with Crippen LogP contribution in [0.2, 0.25) is 5.02 Å². The summed E-state index contributed by atoms with van der Waals surface area (Å²) in [6.07, 6.45) is 10.0. The summed E-state index contributed by atoms with van der Waals surface area (Å²) >= 11 is 5.81. The highest BCUT2D eigenvalue weighted by atomic mass is 35.5. The van der Waals surface area contributed by atoms with Crippen molar-refractivity contribution >= 4 is 36.7 Å². The average Bonchev–Trinajstić information content (AvgIpc) is 3.65. The van der Waals surface area contributed by atoms with Gasteiger partial charge in [0.15, 0.2) is 0 Å². The molecular formula is C33H58ClN5O4. The maximum Gasteiger partial charge on any atom is 0.242 e. The van der Waals surface area contributed by atoms with Gasteiger partial charge in [-0.25, -0.2) is 0 Å². The van der Waals surface area contributed by atoms with Crippen LogP contribution < -0.4 is 16.4 Å². The normalized spacial score (nSPS) is 20.7. The lowest BCUT2D eigenvalue weighted by Gasteiger charge is -2.33. The third-order valence-electron chi connectivity index (χ3n) is 7.33. The van der Waals surface area contributed by atoms with Gasteiger partial charge < -0.3 is 26.2 Å². The number of rotatable bonds is 6. The van der Waals surface area contributed by atoms with Crippen LogP contribution in [0.5, 0.6) is 0 Å². The van der Waals surface area contributed by atoms with Gasteiger partial charge in [0.05, 0.1) is 0 Å². The fraction of sp³-hybridized carbons (Fsp3) is 0.697. The quantitative estimate of drug-likeness (QED) is 0.386. The Morgan fingerprint density at radius 2 is 1.51 bits per heavy atom. The molecule has 0 bridgehead atoms. The van der Waals surface area contributed by atoms with Crippen LogP contribution in [0.4, 0.5) is 0 Å². The molecule has 0 radical (unpaired) electrons. The Hall–Kier alpha value is -2.65. The minimum Gasteiger partial charge on any atom is -0.357 e. The van der Waals surface area contributed by atoms with Crippen molar-refractivity contribution in [3.8, 4) is 0 Å². The second kappa shape index (κ2) is 21.1. The van der Waals surface area contributed by atoms with E-state index in [1.165, 1.54) is 25.5 Å². The number of nitrogens with zero attached hydrogens (tertiary/aromatic N) is 2. The first-order chi connectivity index (χ1) is 20.2. The number of likely N-dealkylation sites (tertiary alicyclic amines) is 2. The number of amides is 4. The zero-order chi connectivity index (χ0) is 33.1. The molecule has 1 aliphatic carbocycles. The molecule has 2 aliphatic heterocycles. The van der Waals surface area contributed by atoms with Gasteiger partial charge in [-0.1, -0.05) is 65.3 Å². The standard InChI is InChI=1S/C11H12ClNO.C9H17NO.C7H12N2O2.C5H12.CH5N/c12-11-3-1-9(2-4-11)10-5-6-13(7-10)8-14;1-9(2)5-3-8(4-6-9)10-7-11;1-8-7(11)6-3-2-4-9(6)5-10;1-5(2,3)4;1-2/h1-4,8,10H,5-7H2;7-8H,3-6H2,1-2H3,(H,10,11);5-6H,2-4H2,1H3,(H,8,11);1-4H3;2H2,1H3. The summed E-state index contributed by atoms with van der Waals surface area (Å²) in [7, 11) is 3.09. The van der Waals surface area contributed by atoms with Gasteiger partial charge in [0.2, 0.25) is 25.1 Å². The third kappa shape index (κ3) is 17.9. The minimum absolute atomic E-state index is 0.0606. The molecule has 3 fully saturated rings. The second-order valence-electron chi connectivity index (χ2n) is 13.5. The smallest absolute Gasteiger partial charge is 0.242 e. The molecule has 2 atom stereocenters. The summed E-state index contributed by atoms with van der Waals surface area (Å²) in [6, 6.07) is 8.11. The third-order valence-corrected chi connectivity index (χ3v) is 7.58. The van der Waals surface area contributed by atoms with E-state index in [1.807, 2.05) is 29.2 Å². The Morgan fingerprint density at radius 1 is 0.953 bits per heavy atom. The van der Waals surface area contributed by atoms with Gasteiger partial charge in [0.25, 0.3) is 0 Å². The van der Waals surface area contributed by atoms with Crippen molar-refractivity contribution in [2.24, 2.45) is 16.6 Å². The first-order valence-corrected chi connectivity index (χ1v) is 15.8. The fourth-order valence-electron chi connectivity index (χ4n) is 4.92. The van der Waals surface area contributed by atoms with Crippen LogP contribution in [0.3, 0.4) is 0 Å². The van der Waals surface area contributed by atoms with E-state index >= 15 is 0 Å². The first kappa shape index (κ1) is 40.4. The van der Waals surface area contributed by atoms with Gasteiger partial charge in [-0.15, -0.1) is 0 Å². The number of hydrogen-bond donors (Lipinski definition) is 3. The molecule has 10 heteroatoms. The zero-order valence-corrected chi connectivity index (χ0v) is 28.6. The lowest BCUT2D eigenvalue weighted by molar-refractivity contribution is -0.130. The summed E-state index contributed by atoms with van der Waals surface area (Å²) in [6.45, 7) is 15.8. The van der Waals surface area contributed by atoms with Crippen molar-refractivity contribution < 1.29 is 19.2 Å². The molecule has 1 aromatic rings. The molecule has 0 spiro atoms. The lowest BCUT2D eigenvalue weighted by Crippen LogP contribution is -2.41. The number of hydrogen-bond acceptors (Lipinski definition) is 5. The highest BCUT2D eigenvalue weighted by molar-refractivity contribution is 6.30. The summed E-state index contributed by atoms with van der Waals surface area (Å²) in [5.74, 6) is 0.423. The number of benzene rings is 1. The van der Waals surface area contributed by atoms with Crippen LogP contribution in [-0.2, 0) is 19.2 Å². The number of carbonyl (C=O) groups is 4. The van der Waals surface area contributed by atoms with Crippen LogP contribution in [0.25, 0.3) is 0 Å². The molecule has 43 heavy (non-hydrogen) atoms. The average molecular weight is 624 g/mol. The van der Waals surface area contributed by atoms with E-state index in [0.29, 0.717) is 29.3 Å². The van der Waals surface area contributed by atoms with E-state index in [-0.39, 0.29) is 11.9 Å². The predicted molar refractivity (Wildman–Crippen MR) is 177 cm³/mol. The maximum absolute atomic E-state index is 11.1. The van der Waals surface area contributed by atoms with Crippen molar-refractivity contribution in [3.63, 3.8) is 0 Å². The first-order valence-electron chi connectivity index (χ1n) is 15.4. The van der Waals surface area contributed by atoms with Crippen molar-refractivity contribution in [3.05, 3.63) is 34.9 Å². The molecule has 4 rings (SSSR count). The number of halogens is 1. The molecule has 9 nitrogen and oxygen atoms in total. The van der Waals surface area contributed by atoms with E-state index in [2.05, 4.69) is 57.9 Å². The van der Waals surface area contributed by atoms with Crippen LogP contribution >= 0.6 is 11.6 Å². The molecule has 4 amide bonds. The number of nitrogens with one attached hydrogen (secondary N) is 2. The van der Waals surface area contributed by atoms with Crippen LogP contribution in [-0.4, -0.2) is 80.8 Å². The number of carbonyl (C=O) groups excluding carboxylic acids is 4. The van der Waals surface area contributed by atoms with E-state index in [9.17, 15) is 19.2 Å².